The van der Waals surface area contributed by atoms with Crippen LogP contribution in [0.3, 0.4) is 0 Å². The highest BCUT2D eigenvalue weighted by Crippen LogP contribution is 2.37. The summed E-state index contributed by atoms with van der Waals surface area (Å²) in [6.07, 6.45) is 8.21. The molecule has 2 amide bonds. The minimum Gasteiger partial charge on any atom is -0.504 e. The predicted molar refractivity (Wildman–Crippen MR) is 146 cm³/mol. The summed E-state index contributed by atoms with van der Waals surface area (Å²) in [6.45, 7) is 1.97. The third-order valence-corrected chi connectivity index (χ3v) is 5.65. The van der Waals surface area contributed by atoms with Gasteiger partial charge < -0.3 is 40.4 Å². The van der Waals surface area contributed by atoms with Crippen molar-refractivity contribution in [1.82, 2.24) is 10.2 Å². The van der Waals surface area contributed by atoms with Crippen molar-refractivity contribution in [2.45, 2.75) is 19.3 Å². The number of hydrogen-bond donors (Lipinski definition) is 4. The molecule has 0 atom stereocenters. The summed E-state index contributed by atoms with van der Waals surface area (Å²) in [6, 6.07) is 8.04. The molecule has 0 saturated heterocycles. The summed E-state index contributed by atoms with van der Waals surface area (Å²) in [7, 11) is 4.34. The van der Waals surface area contributed by atoms with E-state index in [1.807, 2.05) is 0 Å². The molecule has 10 nitrogen and oxygen atoms in total. The molecule has 0 unspecified atom stereocenters. The Bertz CT molecular complexity index is 1110. The summed E-state index contributed by atoms with van der Waals surface area (Å²) >= 11 is 0. The van der Waals surface area contributed by atoms with Crippen molar-refractivity contribution in [3.63, 3.8) is 0 Å². The second-order valence-corrected chi connectivity index (χ2v) is 8.34. The Balaban J connectivity index is 1.86. The number of hydrogen-bond acceptors (Lipinski definition) is 8. The molecule has 0 aliphatic rings. The van der Waals surface area contributed by atoms with E-state index in [2.05, 4.69) is 5.32 Å². The Kier molecular flexibility index (Phi) is 12.5. The third-order valence-electron chi connectivity index (χ3n) is 5.65. The van der Waals surface area contributed by atoms with E-state index < -0.39 is 0 Å². The molecule has 38 heavy (non-hydrogen) atoms. The van der Waals surface area contributed by atoms with E-state index in [1.165, 1.54) is 39.5 Å². The number of methoxy groups -OCH3 is 3. The van der Waals surface area contributed by atoms with E-state index in [-0.39, 0.29) is 34.8 Å². The van der Waals surface area contributed by atoms with Crippen molar-refractivity contribution in [1.29, 1.82) is 0 Å². The minimum atomic E-state index is -0.240. The first-order chi connectivity index (χ1) is 18.3. The average molecular weight is 528 g/mol. The van der Waals surface area contributed by atoms with Gasteiger partial charge in [-0.15, -0.1) is 0 Å². The van der Waals surface area contributed by atoms with Gasteiger partial charge in [0.2, 0.25) is 17.6 Å². The van der Waals surface area contributed by atoms with Gasteiger partial charge in [-0.05, 0) is 73.4 Å². The van der Waals surface area contributed by atoms with E-state index in [1.54, 1.807) is 41.3 Å². The summed E-state index contributed by atoms with van der Waals surface area (Å²) in [4.78, 5) is 26.7. The number of aromatic hydroxyl groups is 2. The van der Waals surface area contributed by atoms with E-state index in [0.717, 1.165) is 5.56 Å². The van der Waals surface area contributed by atoms with E-state index in [0.29, 0.717) is 56.8 Å². The van der Waals surface area contributed by atoms with Gasteiger partial charge in [-0.2, -0.15) is 0 Å². The Hall–Kier alpha value is -4.18. The van der Waals surface area contributed by atoms with Gasteiger partial charge in [-0.1, -0.05) is 6.07 Å². The van der Waals surface area contributed by atoms with Crippen molar-refractivity contribution in [3.05, 3.63) is 53.6 Å². The zero-order chi connectivity index (χ0) is 27.9. The number of benzene rings is 2. The maximum absolute atomic E-state index is 12.8. The molecular weight excluding hydrogens is 490 g/mol. The van der Waals surface area contributed by atoms with Crippen LogP contribution in [0.1, 0.15) is 30.4 Å². The fourth-order valence-corrected chi connectivity index (χ4v) is 3.57. The number of nitrogens with two attached hydrogens (primary N) is 1. The van der Waals surface area contributed by atoms with Crippen molar-refractivity contribution in [2.75, 3.05) is 47.5 Å². The van der Waals surface area contributed by atoms with Gasteiger partial charge >= 0.3 is 0 Å². The highest BCUT2D eigenvalue weighted by atomic mass is 16.5. The molecule has 0 bridgehead atoms. The number of rotatable bonds is 15. The number of nitrogens with one attached hydrogen (secondary N) is 1. The summed E-state index contributed by atoms with van der Waals surface area (Å²) in [5.74, 6) is 0.345. The first-order valence-corrected chi connectivity index (χ1v) is 12.3. The SMILES string of the molecule is COc1cc(C=CC(=O)NCCCCN(CCCN)C(=O)C=Cc2cc(OC)c(O)c(OC)c2)ccc1O. The molecule has 0 radical (unpaired) electrons. The topological polar surface area (TPSA) is 144 Å². The number of nitrogens with zero attached hydrogens (tertiary/aromatic N) is 1. The monoisotopic (exact) mass is 527 g/mol. The highest BCUT2D eigenvalue weighted by Gasteiger charge is 2.12. The number of unbranched alkanes of at least 4 members (excludes halogenated alkanes) is 1. The molecular formula is C28H37N3O7. The maximum atomic E-state index is 12.8. The van der Waals surface area contributed by atoms with Crippen LogP contribution >= 0.6 is 0 Å². The van der Waals surface area contributed by atoms with Gasteiger partial charge in [0.05, 0.1) is 21.3 Å². The lowest BCUT2D eigenvalue weighted by Crippen LogP contribution is -2.33. The molecule has 2 aromatic carbocycles. The van der Waals surface area contributed by atoms with Crippen LogP contribution in [0.4, 0.5) is 0 Å². The second kappa shape index (κ2) is 15.8. The van der Waals surface area contributed by atoms with Crippen LogP contribution in [0.25, 0.3) is 12.2 Å². The van der Waals surface area contributed by atoms with Crippen LogP contribution in [0.2, 0.25) is 0 Å². The molecule has 0 saturated carbocycles. The van der Waals surface area contributed by atoms with Crippen LogP contribution < -0.4 is 25.3 Å². The number of carbonyl (C=O) groups excluding carboxylic acids is 2. The van der Waals surface area contributed by atoms with Crippen LogP contribution in [-0.2, 0) is 9.59 Å². The molecule has 0 aromatic heterocycles. The van der Waals surface area contributed by atoms with Crippen LogP contribution in [-0.4, -0.2) is 74.4 Å². The van der Waals surface area contributed by atoms with E-state index >= 15 is 0 Å². The third kappa shape index (κ3) is 9.36. The zero-order valence-electron chi connectivity index (χ0n) is 22.1. The van der Waals surface area contributed by atoms with Gasteiger partial charge in [0, 0.05) is 31.8 Å². The van der Waals surface area contributed by atoms with E-state index in [9.17, 15) is 19.8 Å². The average Bonchev–Trinajstić information content (AvgIpc) is 2.93. The standard InChI is InChI=1S/C28H37N3O7/c1-36-23-17-20(7-10-22(23)32)8-11-26(33)30-14-4-5-15-31(16-6-13-29)27(34)12-9-21-18-24(37-2)28(35)25(19-21)38-3/h7-12,17-19,32,35H,4-6,13-16,29H2,1-3H3,(H,30,33). The normalized spacial score (nSPS) is 11.1. The summed E-state index contributed by atoms with van der Waals surface area (Å²) < 4.78 is 15.4. The van der Waals surface area contributed by atoms with Crippen LogP contribution in [0.5, 0.6) is 28.7 Å². The highest BCUT2D eigenvalue weighted by molar-refractivity contribution is 5.92. The molecule has 2 rings (SSSR count). The number of carbonyl (C=O) groups is 2. The Morgan fingerprint density at radius 3 is 2.11 bits per heavy atom. The maximum Gasteiger partial charge on any atom is 0.246 e. The molecule has 0 heterocycles. The van der Waals surface area contributed by atoms with Crippen molar-refractivity contribution in [2.24, 2.45) is 5.73 Å². The fraction of sp³-hybridized carbons (Fsp3) is 0.357. The lowest BCUT2D eigenvalue weighted by atomic mass is 10.1. The van der Waals surface area contributed by atoms with Crippen LogP contribution in [0.15, 0.2) is 42.5 Å². The van der Waals surface area contributed by atoms with E-state index in [4.69, 9.17) is 19.9 Å². The largest absolute Gasteiger partial charge is 0.504 e. The molecule has 10 heteroatoms. The van der Waals surface area contributed by atoms with Crippen molar-refractivity contribution < 1.29 is 34.0 Å². The molecule has 0 spiro atoms. The minimum absolute atomic E-state index is 0.0318. The molecule has 206 valence electrons. The summed E-state index contributed by atoms with van der Waals surface area (Å²) in [5, 5.41) is 22.5. The Labute approximate surface area is 223 Å². The van der Waals surface area contributed by atoms with Gasteiger partial charge in [-0.3, -0.25) is 9.59 Å². The molecule has 2 aromatic rings. The van der Waals surface area contributed by atoms with Crippen molar-refractivity contribution >= 4 is 24.0 Å². The predicted octanol–water partition coefficient (Wildman–Crippen LogP) is 2.92. The molecule has 5 N–H and O–H groups in total. The molecule has 0 aliphatic carbocycles. The fourth-order valence-electron chi connectivity index (χ4n) is 3.57. The number of amides is 2. The lowest BCUT2D eigenvalue weighted by Gasteiger charge is -2.21. The second-order valence-electron chi connectivity index (χ2n) is 8.34. The lowest BCUT2D eigenvalue weighted by molar-refractivity contribution is -0.126. The Morgan fingerprint density at radius 1 is 0.868 bits per heavy atom. The number of phenols is 2. The number of phenolic OH excluding ortho intramolecular Hbond substituents is 2. The molecule has 0 fully saturated rings. The Morgan fingerprint density at radius 2 is 1.47 bits per heavy atom. The summed E-state index contributed by atoms with van der Waals surface area (Å²) in [5.41, 5.74) is 7.01. The number of ether oxygens (including phenoxy) is 3. The first kappa shape index (κ1) is 30.0. The first-order valence-electron chi connectivity index (χ1n) is 12.3. The smallest absolute Gasteiger partial charge is 0.246 e. The van der Waals surface area contributed by atoms with Gasteiger partial charge in [0.25, 0.3) is 0 Å². The zero-order valence-corrected chi connectivity index (χ0v) is 22.1. The van der Waals surface area contributed by atoms with Crippen molar-refractivity contribution in [3.8, 4) is 28.7 Å². The van der Waals surface area contributed by atoms with Gasteiger partial charge in [-0.25, -0.2) is 0 Å². The quantitative estimate of drug-likeness (QED) is 0.204. The van der Waals surface area contributed by atoms with Gasteiger partial charge in [0.1, 0.15) is 0 Å². The van der Waals surface area contributed by atoms with Crippen LogP contribution in [0, 0.1) is 0 Å². The molecule has 0 aliphatic heterocycles. The van der Waals surface area contributed by atoms with Gasteiger partial charge in [0.15, 0.2) is 23.0 Å².